The molecule has 74 valence electrons. The number of hydrogen-bond donors (Lipinski definition) is 1. The lowest BCUT2D eigenvalue weighted by molar-refractivity contribution is 0.413. The lowest BCUT2D eigenvalue weighted by Gasteiger charge is -2.15. The molecule has 0 heterocycles. The van der Waals surface area contributed by atoms with Gasteiger partial charge in [-0.3, -0.25) is 0 Å². The molecule has 1 heteroatoms. The van der Waals surface area contributed by atoms with E-state index in [9.17, 15) is 0 Å². The Balaban J connectivity index is 3.36. The Morgan fingerprint density at radius 1 is 1.08 bits per heavy atom. The molecule has 2 N–H and O–H groups in total. The van der Waals surface area contributed by atoms with Crippen LogP contribution in [-0.2, 0) is 0 Å². The predicted molar refractivity (Wildman–Crippen MR) is 56.1 cm³/mol. The van der Waals surface area contributed by atoms with Crippen LogP contribution in [0.25, 0.3) is 0 Å². The molecule has 0 radical (unpaired) electrons. The SMILES string of the molecule is CCC(C)CCC(N)CC(C)C. The average Bonchev–Trinajstić information content (AvgIpc) is 1.99. The van der Waals surface area contributed by atoms with Crippen molar-refractivity contribution < 1.29 is 0 Å². The van der Waals surface area contributed by atoms with E-state index in [4.69, 9.17) is 5.73 Å². The fourth-order valence-electron chi connectivity index (χ4n) is 1.43. The third kappa shape index (κ3) is 6.66. The molecule has 0 aromatic rings. The van der Waals surface area contributed by atoms with Crippen molar-refractivity contribution in [3.05, 3.63) is 0 Å². The number of nitrogens with two attached hydrogens (primary N) is 1. The Labute approximate surface area is 77.7 Å². The minimum Gasteiger partial charge on any atom is -0.328 e. The van der Waals surface area contributed by atoms with Gasteiger partial charge >= 0.3 is 0 Å². The van der Waals surface area contributed by atoms with Crippen LogP contribution in [0, 0.1) is 11.8 Å². The van der Waals surface area contributed by atoms with Crippen LogP contribution in [0.1, 0.15) is 53.4 Å². The van der Waals surface area contributed by atoms with E-state index in [0.717, 1.165) is 11.8 Å². The van der Waals surface area contributed by atoms with Gasteiger partial charge in [0.25, 0.3) is 0 Å². The van der Waals surface area contributed by atoms with Crippen LogP contribution in [0.15, 0.2) is 0 Å². The monoisotopic (exact) mass is 171 g/mol. The molecule has 2 atom stereocenters. The molecule has 0 amide bonds. The fraction of sp³-hybridized carbons (Fsp3) is 1.00. The molecule has 2 unspecified atom stereocenters. The summed E-state index contributed by atoms with van der Waals surface area (Å²) in [5.41, 5.74) is 5.98. The summed E-state index contributed by atoms with van der Waals surface area (Å²) in [5, 5.41) is 0. The van der Waals surface area contributed by atoms with E-state index in [1.54, 1.807) is 0 Å². The van der Waals surface area contributed by atoms with Gasteiger partial charge in [0, 0.05) is 6.04 Å². The summed E-state index contributed by atoms with van der Waals surface area (Å²) in [6.45, 7) is 9.03. The summed E-state index contributed by atoms with van der Waals surface area (Å²) in [7, 11) is 0. The van der Waals surface area contributed by atoms with Crippen molar-refractivity contribution in [1.82, 2.24) is 0 Å². The second-order valence-electron chi connectivity index (χ2n) is 4.48. The van der Waals surface area contributed by atoms with Crippen LogP contribution in [0.5, 0.6) is 0 Å². The van der Waals surface area contributed by atoms with Crippen molar-refractivity contribution in [2.24, 2.45) is 17.6 Å². The zero-order valence-electron chi connectivity index (χ0n) is 9.14. The molecule has 0 saturated carbocycles. The largest absolute Gasteiger partial charge is 0.328 e. The summed E-state index contributed by atoms with van der Waals surface area (Å²) in [5.74, 6) is 1.60. The van der Waals surface area contributed by atoms with Crippen molar-refractivity contribution in [3.8, 4) is 0 Å². The van der Waals surface area contributed by atoms with Crippen LogP contribution in [0.4, 0.5) is 0 Å². The van der Waals surface area contributed by atoms with Gasteiger partial charge in [-0.05, 0) is 31.1 Å². The molecule has 0 rings (SSSR count). The van der Waals surface area contributed by atoms with Crippen LogP contribution in [0.2, 0.25) is 0 Å². The van der Waals surface area contributed by atoms with E-state index in [1.165, 1.54) is 25.7 Å². The fourth-order valence-corrected chi connectivity index (χ4v) is 1.43. The van der Waals surface area contributed by atoms with E-state index in [2.05, 4.69) is 27.7 Å². The van der Waals surface area contributed by atoms with Gasteiger partial charge in [-0.1, -0.05) is 34.1 Å². The van der Waals surface area contributed by atoms with Crippen molar-refractivity contribution in [3.63, 3.8) is 0 Å². The molecule has 1 nitrogen and oxygen atoms in total. The van der Waals surface area contributed by atoms with E-state index >= 15 is 0 Å². The minimum absolute atomic E-state index is 0.430. The van der Waals surface area contributed by atoms with Gasteiger partial charge in [0.2, 0.25) is 0 Å². The molecule has 0 spiro atoms. The molecule has 0 aliphatic rings. The molecule has 0 aromatic carbocycles. The second-order valence-corrected chi connectivity index (χ2v) is 4.48. The third-order valence-corrected chi connectivity index (χ3v) is 2.50. The van der Waals surface area contributed by atoms with Crippen LogP contribution < -0.4 is 5.73 Å². The Kier molecular flexibility index (Phi) is 6.45. The summed E-state index contributed by atoms with van der Waals surface area (Å²) < 4.78 is 0. The molecule has 0 fully saturated rings. The highest BCUT2D eigenvalue weighted by Crippen LogP contribution is 2.14. The van der Waals surface area contributed by atoms with E-state index < -0.39 is 0 Å². The van der Waals surface area contributed by atoms with Crippen molar-refractivity contribution >= 4 is 0 Å². The highest BCUT2D eigenvalue weighted by Gasteiger charge is 2.07. The smallest absolute Gasteiger partial charge is 0.00413 e. The summed E-state index contributed by atoms with van der Waals surface area (Å²) in [6.07, 6.45) is 4.96. The van der Waals surface area contributed by atoms with Gasteiger partial charge in [-0.25, -0.2) is 0 Å². The zero-order valence-corrected chi connectivity index (χ0v) is 9.14. The molecule has 0 aliphatic carbocycles. The lowest BCUT2D eigenvalue weighted by atomic mass is 9.95. The molecule has 0 bridgehead atoms. The first-order valence-corrected chi connectivity index (χ1v) is 5.31. The third-order valence-electron chi connectivity index (χ3n) is 2.50. The Hall–Kier alpha value is -0.0400. The molecule has 0 saturated heterocycles. The first-order chi connectivity index (χ1) is 5.56. The zero-order chi connectivity index (χ0) is 9.56. The van der Waals surface area contributed by atoms with Crippen LogP contribution in [-0.4, -0.2) is 6.04 Å². The number of hydrogen-bond acceptors (Lipinski definition) is 1. The van der Waals surface area contributed by atoms with E-state index in [1.807, 2.05) is 0 Å². The predicted octanol–water partition coefficient (Wildman–Crippen LogP) is 3.19. The Morgan fingerprint density at radius 3 is 2.08 bits per heavy atom. The standard InChI is InChI=1S/C11H25N/c1-5-10(4)6-7-11(12)8-9(2)3/h9-11H,5-8,12H2,1-4H3. The second kappa shape index (κ2) is 6.47. The molecular weight excluding hydrogens is 146 g/mol. The van der Waals surface area contributed by atoms with Crippen LogP contribution >= 0.6 is 0 Å². The van der Waals surface area contributed by atoms with Crippen molar-refractivity contribution in [1.29, 1.82) is 0 Å². The normalized spacial score (nSPS) is 16.5. The maximum absolute atomic E-state index is 5.98. The summed E-state index contributed by atoms with van der Waals surface area (Å²) >= 11 is 0. The average molecular weight is 171 g/mol. The quantitative estimate of drug-likeness (QED) is 0.652. The molecule has 12 heavy (non-hydrogen) atoms. The minimum atomic E-state index is 0.430. The highest BCUT2D eigenvalue weighted by molar-refractivity contribution is 4.65. The molecule has 0 aromatic heterocycles. The van der Waals surface area contributed by atoms with Gasteiger partial charge < -0.3 is 5.73 Å². The summed E-state index contributed by atoms with van der Waals surface area (Å²) in [6, 6.07) is 0.430. The molecule has 0 aliphatic heterocycles. The van der Waals surface area contributed by atoms with Gasteiger partial charge in [0.1, 0.15) is 0 Å². The highest BCUT2D eigenvalue weighted by atomic mass is 14.6. The first-order valence-electron chi connectivity index (χ1n) is 5.31. The van der Waals surface area contributed by atoms with E-state index in [0.29, 0.717) is 6.04 Å². The Bertz CT molecular complexity index is 99.2. The maximum atomic E-state index is 5.98. The number of rotatable bonds is 6. The molecular formula is C11H25N. The first kappa shape index (κ1) is 12.0. The maximum Gasteiger partial charge on any atom is 0.00413 e. The lowest BCUT2D eigenvalue weighted by Crippen LogP contribution is -2.22. The Morgan fingerprint density at radius 2 is 1.67 bits per heavy atom. The van der Waals surface area contributed by atoms with Crippen LogP contribution in [0.3, 0.4) is 0 Å². The van der Waals surface area contributed by atoms with Crippen molar-refractivity contribution in [2.75, 3.05) is 0 Å². The van der Waals surface area contributed by atoms with E-state index in [-0.39, 0.29) is 0 Å². The van der Waals surface area contributed by atoms with Crippen molar-refractivity contribution in [2.45, 2.75) is 59.4 Å². The van der Waals surface area contributed by atoms with Gasteiger partial charge in [0.05, 0.1) is 0 Å². The summed E-state index contributed by atoms with van der Waals surface area (Å²) in [4.78, 5) is 0. The van der Waals surface area contributed by atoms with Gasteiger partial charge in [-0.2, -0.15) is 0 Å². The van der Waals surface area contributed by atoms with Gasteiger partial charge in [0.15, 0.2) is 0 Å². The van der Waals surface area contributed by atoms with Gasteiger partial charge in [-0.15, -0.1) is 0 Å². The topological polar surface area (TPSA) is 26.0 Å².